The summed E-state index contributed by atoms with van der Waals surface area (Å²) < 4.78 is 40.3. The number of likely N-dealkylation sites (N-methyl/N-ethyl adjacent to an activating group) is 1. The van der Waals surface area contributed by atoms with Crippen molar-refractivity contribution in [1.82, 2.24) is 0 Å². The first kappa shape index (κ1) is 56.4. The molecule has 0 fully saturated rings. The van der Waals surface area contributed by atoms with Crippen LogP contribution in [0.25, 0.3) is 0 Å². The molecule has 4 atom stereocenters. The third kappa shape index (κ3) is 30.2. The quantitative estimate of drug-likeness (QED) is 0.0191. The summed E-state index contributed by atoms with van der Waals surface area (Å²) in [6, 6.07) is 0. The maximum Gasteiger partial charge on any atom is 0.472 e. The van der Waals surface area contributed by atoms with Gasteiger partial charge >= 0.3 is 19.8 Å². The summed E-state index contributed by atoms with van der Waals surface area (Å²) in [5, 5.41) is 20.8. The molecule has 1 heterocycles. The molecule has 12 nitrogen and oxygen atoms in total. The summed E-state index contributed by atoms with van der Waals surface area (Å²) in [6.45, 7) is 8.25. The average molecular weight is 883 g/mol. The van der Waals surface area contributed by atoms with E-state index in [4.69, 9.17) is 22.9 Å². The molecule has 352 valence electrons. The Hall–Kier alpha value is -2.57. The molecule has 0 aromatic carbocycles. The van der Waals surface area contributed by atoms with Crippen molar-refractivity contribution in [2.24, 2.45) is 0 Å². The van der Waals surface area contributed by atoms with E-state index < -0.39 is 44.7 Å². The lowest BCUT2D eigenvalue weighted by atomic mass is 10.0. The number of phosphoric acid groups is 1. The molecule has 3 unspecified atom stereocenters. The second-order valence-corrected chi connectivity index (χ2v) is 18.8. The van der Waals surface area contributed by atoms with Crippen molar-refractivity contribution in [3.8, 4) is 0 Å². The molecule has 3 N–H and O–H groups in total. The number of furan rings is 1. The number of rotatable bonds is 38. The van der Waals surface area contributed by atoms with Crippen LogP contribution in [0.1, 0.15) is 165 Å². The first-order valence-electron chi connectivity index (χ1n) is 23.2. The Labute approximate surface area is 369 Å². The highest BCUT2D eigenvalue weighted by molar-refractivity contribution is 7.47. The fourth-order valence-corrected chi connectivity index (χ4v) is 7.26. The van der Waals surface area contributed by atoms with Crippen molar-refractivity contribution in [3.63, 3.8) is 0 Å². The molecule has 0 aliphatic heterocycles. The molecule has 0 saturated carbocycles. The molecular formula is C48H85NO11P+. The van der Waals surface area contributed by atoms with Gasteiger partial charge in [0.2, 0.25) is 0 Å². The molecular weight excluding hydrogens is 797 g/mol. The van der Waals surface area contributed by atoms with Gasteiger partial charge in [-0.25, -0.2) is 4.57 Å². The lowest BCUT2D eigenvalue weighted by molar-refractivity contribution is -0.870. The first-order valence-corrected chi connectivity index (χ1v) is 24.7. The normalized spacial score (nSPS) is 14.9. The third-order valence-corrected chi connectivity index (χ3v) is 11.5. The number of hydrogen-bond acceptors (Lipinski definition) is 10. The maximum atomic E-state index is 12.8. The summed E-state index contributed by atoms with van der Waals surface area (Å²) in [6.07, 6.45) is 27.8. The van der Waals surface area contributed by atoms with Gasteiger partial charge in [-0.3, -0.25) is 18.6 Å². The minimum absolute atomic E-state index is 0.0278. The molecule has 1 aromatic rings. The highest BCUT2D eigenvalue weighted by Crippen LogP contribution is 2.43. The number of quaternary nitrogens is 1. The molecule has 1 rings (SSSR count). The number of aryl methyl sites for hydroxylation is 2. The van der Waals surface area contributed by atoms with Crippen LogP contribution in [0.4, 0.5) is 0 Å². The highest BCUT2D eigenvalue weighted by atomic mass is 31.2. The van der Waals surface area contributed by atoms with Gasteiger partial charge in [0, 0.05) is 25.7 Å². The van der Waals surface area contributed by atoms with E-state index in [-0.39, 0.29) is 45.3 Å². The van der Waals surface area contributed by atoms with Crippen LogP contribution in [0.2, 0.25) is 0 Å². The van der Waals surface area contributed by atoms with E-state index in [1.807, 2.05) is 33.3 Å². The van der Waals surface area contributed by atoms with Crippen molar-refractivity contribution in [2.45, 2.75) is 187 Å². The summed E-state index contributed by atoms with van der Waals surface area (Å²) in [7, 11) is 1.28. The van der Waals surface area contributed by atoms with E-state index in [2.05, 4.69) is 52.0 Å². The molecule has 0 aliphatic rings. The number of nitrogens with zero attached hydrogens (tertiary/aromatic N) is 1. The minimum atomic E-state index is -4.47. The van der Waals surface area contributed by atoms with Gasteiger partial charge in [0.25, 0.3) is 0 Å². The maximum absolute atomic E-state index is 12.8. The van der Waals surface area contributed by atoms with E-state index >= 15 is 0 Å². The number of aliphatic hydroxyl groups excluding tert-OH is 2. The summed E-state index contributed by atoms with van der Waals surface area (Å²) in [5.74, 6) is 1.16. The van der Waals surface area contributed by atoms with Gasteiger partial charge in [-0.1, -0.05) is 102 Å². The number of phosphoric ester groups is 1. The van der Waals surface area contributed by atoms with Gasteiger partial charge in [0.05, 0.1) is 40.0 Å². The molecule has 61 heavy (non-hydrogen) atoms. The highest BCUT2D eigenvalue weighted by Gasteiger charge is 2.27. The van der Waals surface area contributed by atoms with Gasteiger partial charge in [0.1, 0.15) is 31.3 Å². The van der Waals surface area contributed by atoms with Crippen LogP contribution in [0, 0.1) is 13.8 Å². The van der Waals surface area contributed by atoms with Crippen molar-refractivity contribution in [2.75, 3.05) is 47.5 Å². The molecule has 1 aromatic heterocycles. The number of unbranched alkanes of at least 4 members (excludes halogenated alkanes) is 10. The molecule has 0 saturated heterocycles. The number of esters is 2. The average Bonchev–Trinajstić information content (AvgIpc) is 3.46. The lowest BCUT2D eigenvalue weighted by Crippen LogP contribution is -2.37. The van der Waals surface area contributed by atoms with Crippen LogP contribution in [-0.4, -0.2) is 97.3 Å². The standard InChI is InChI=1S/C48H84NO11P/c1-8-10-11-12-13-14-15-16-17-20-23-26-31-43(50)44(51)32-29-35-48(53)59-42(39-58-61(54,55)57-37-36-49(5,6)7)38-56-47(52)34-28-25-22-19-18-21-24-27-33-46-41(4)40(3)45(60-46)30-9-2/h13-14,16-17,23,26,42-44,50-51H,8-12,15,18-22,24-25,27-39H2,1-7H3/p+1/b14-13-,17-16-,26-23-/t42-,43?,44?/m1/s1. The number of aliphatic hydroxyl groups is 2. The Morgan fingerprint density at radius 3 is 1.92 bits per heavy atom. The largest absolute Gasteiger partial charge is 0.472 e. The van der Waals surface area contributed by atoms with E-state index in [0.717, 1.165) is 88.6 Å². The Bertz CT molecular complexity index is 1450. The van der Waals surface area contributed by atoms with Crippen LogP contribution in [0.15, 0.2) is 40.9 Å². The molecule has 0 aliphatic carbocycles. The molecule has 0 amide bonds. The Kier molecular flexibility index (Phi) is 31.4. The third-order valence-electron chi connectivity index (χ3n) is 10.5. The SMILES string of the molecule is CCCCC/C=C\C/C=C\C/C=C\CC(O)C(O)CCCC(=O)O[C@H](COC(=O)CCCCCCCCCCc1oc(CCC)c(C)c1C)COP(=O)(O)OCC[N+](C)(C)C. The zero-order valence-electron chi connectivity index (χ0n) is 39.1. The topological polar surface area (TPSA) is 162 Å². The van der Waals surface area contributed by atoms with E-state index in [1.54, 1.807) is 0 Å². The van der Waals surface area contributed by atoms with Crippen molar-refractivity contribution in [1.29, 1.82) is 0 Å². The summed E-state index contributed by atoms with van der Waals surface area (Å²) in [4.78, 5) is 35.6. The van der Waals surface area contributed by atoms with Gasteiger partial charge in [-0.2, -0.15) is 0 Å². The van der Waals surface area contributed by atoms with Crippen molar-refractivity contribution in [3.05, 3.63) is 59.1 Å². The Morgan fingerprint density at radius 1 is 0.689 bits per heavy atom. The number of ether oxygens (including phenoxy) is 2. The van der Waals surface area contributed by atoms with Gasteiger partial charge in [-0.15, -0.1) is 0 Å². The monoisotopic (exact) mass is 883 g/mol. The van der Waals surface area contributed by atoms with Gasteiger partial charge < -0.3 is 33.5 Å². The van der Waals surface area contributed by atoms with Crippen LogP contribution < -0.4 is 0 Å². The molecule has 0 bridgehead atoms. The van der Waals surface area contributed by atoms with Crippen LogP contribution in [-0.2, 0) is 45.5 Å². The fraction of sp³-hybridized carbons (Fsp3) is 0.750. The van der Waals surface area contributed by atoms with E-state index in [0.29, 0.717) is 17.4 Å². The van der Waals surface area contributed by atoms with Crippen molar-refractivity contribution >= 4 is 19.8 Å². The van der Waals surface area contributed by atoms with E-state index in [9.17, 15) is 29.3 Å². The van der Waals surface area contributed by atoms with Crippen LogP contribution in [0.5, 0.6) is 0 Å². The molecule has 0 radical (unpaired) electrons. The second kappa shape index (κ2) is 33.9. The fourth-order valence-electron chi connectivity index (χ4n) is 6.52. The first-order chi connectivity index (χ1) is 29.1. The number of carbonyl (C=O) groups is 2. The smallest absolute Gasteiger partial charge is 0.466 e. The second-order valence-electron chi connectivity index (χ2n) is 17.3. The molecule has 0 spiro atoms. The molecule has 13 heteroatoms. The summed E-state index contributed by atoms with van der Waals surface area (Å²) in [5.41, 5.74) is 2.60. The zero-order chi connectivity index (χ0) is 45.4. The van der Waals surface area contributed by atoms with E-state index in [1.165, 1.54) is 36.8 Å². The van der Waals surface area contributed by atoms with Gasteiger partial charge in [0.15, 0.2) is 6.10 Å². The number of carbonyl (C=O) groups excluding carboxylic acids is 2. The minimum Gasteiger partial charge on any atom is -0.466 e. The predicted octanol–water partition coefficient (Wildman–Crippen LogP) is 10.5. The number of allylic oxidation sites excluding steroid dienone is 5. The number of hydrogen-bond donors (Lipinski definition) is 3. The predicted molar refractivity (Wildman–Crippen MR) is 244 cm³/mol. The van der Waals surface area contributed by atoms with Crippen LogP contribution in [0.3, 0.4) is 0 Å². The lowest BCUT2D eigenvalue weighted by Gasteiger charge is -2.24. The van der Waals surface area contributed by atoms with Crippen molar-refractivity contribution < 1.29 is 56.7 Å². The Balaban J connectivity index is 2.43. The Morgan fingerprint density at radius 2 is 1.28 bits per heavy atom. The zero-order valence-corrected chi connectivity index (χ0v) is 40.0. The van der Waals surface area contributed by atoms with Crippen LogP contribution >= 0.6 is 7.82 Å². The summed E-state index contributed by atoms with van der Waals surface area (Å²) >= 11 is 0. The van der Waals surface area contributed by atoms with Gasteiger partial charge in [-0.05, 0) is 89.2 Å².